The highest BCUT2D eigenvalue weighted by molar-refractivity contribution is 6.45. The largest absolute Gasteiger partial charge is 0.358 e. The predicted octanol–water partition coefficient (Wildman–Crippen LogP) is 2.23. The molecule has 0 spiro atoms. The quantitative estimate of drug-likeness (QED) is 0.398. The molecule has 0 saturated carbocycles. The lowest BCUT2D eigenvalue weighted by Crippen LogP contribution is -2.31. The van der Waals surface area contributed by atoms with E-state index in [-0.39, 0.29) is 18.1 Å². The number of ketones is 1. The van der Waals surface area contributed by atoms with Gasteiger partial charge in [-0.1, -0.05) is 18.2 Å². The molecule has 2 heterocycles. The monoisotopic (exact) mass is 396 g/mol. The Balaban J connectivity index is 1.53. The van der Waals surface area contributed by atoms with Crippen molar-refractivity contribution in [1.29, 1.82) is 0 Å². The van der Waals surface area contributed by atoms with E-state index in [2.05, 4.69) is 25.8 Å². The molecule has 1 amide bonds. The maximum atomic E-state index is 13.5. The van der Waals surface area contributed by atoms with Gasteiger partial charge in [0.2, 0.25) is 0 Å². The van der Waals surface area contributed by atoms with Crippen molar-refractivity contribution in [2.75, 3.05) is 0 Å². The number of benzene rings is 2. The third-order valence-electron chi connectivity index (χ3n) is 4.42. The highest BCUT2D eigenvalue weighted by Crippen LogP contribution is 2.22. The van der Waals surface area contributed by atoms with Crippen LogP contribution in [0.5, 0.6) is 0 Å². The lowest BCUT2D eigenvalue weighted by atomic mass is 10.1. The van der Waals surface area contributed by atoms with Gasteiger partial charge in [0, 0.05) is 22.7 Å². The highest BCUT2D eigenvalue weighted by Gasteiger charge is 2.23. The zero-order chi connectivity index (χ0) is 20.5. The van der Waals surface area contributed by atoms with Crippen molar-refractivity contribution in [3.8, 4) is 5.69 Å². The van der Waals surface area contributed by atoms with E-state index in [0.717, 1.165) is 22.3 Å². The molecule has 0 aliphatic carbocycles. The van der Waals surface area contributed by atoms with E-state index in [0.29, 0.717) is 16.6 Å². The summed E-state index contributed by atoms with van der Waals surface area (Å²) in [7, 11) is 0. The van der Waals surface area contributed by atoms with Crippen LogP contribution in [0, 0.1) is 18.6 Å². The first-order valence-corrected chi connectivity index (χ1v) is 8.58. The Morgan fingerprint density at radius 2 is 1.93 bits per heavy atom. The molecule has 0 fully saturated rings. The summed E-state index contributed by atoms with van der Waals surface area (Å²) in [6.45, 7) is 1.53. The second-order valence-electron chi connectivity index (χ2n) is 6.29. The van der Waals surface area contributed by atoms with Gasteiger partial charge in [0.15, 0.2) is 17.5 Å². The van der Waals surface area contributed by atoms with E-state index < -0.39 is 23.3 Å². The molecule has 10 heteroatoms. The third-order valence-corrected chi connectivity index (χ3v) is 4.42. The number of rotatable bonds is 5. The van der Waals surface area contributed by atoms with Crippen molar-refractivity contribution in [1.82, 2.24) is 30.5 Å². The van der Waals surface area contributed by atoms with Crippen molar-refractivity contribution < 1.29 is 18.4 Å². The molecule has 2 aromatic carbocycles. The molecule has 0 atom stereocenters. The van der Waals surface area contributed by atoms with E-state index in [1.54, 1.807) is 19.1 Å². The minimum absolute atomic E-state index is 0.146. The molecule has 4 aromatic rings. The number of H-pyrrole nitrogens is 1. The lowest BCUT2D eigenvalue weighted by Gasteiger charge is -2.07. The predicted molar refractivity (Wildman–Crippen MR) is 98.3 cm³/mol. The number of carbonyl (C=O) groups excluding carboxylic acids is 2. The number of aryl methyl sites for hydroxylation is 1. The summed E-state index contributed by atoms with van der Waals surface area (Å²) in [4.78, 5) is 28.1. The SMILES string of the molecule is Cc1[nH]c2ccccc2c1C(=O)C(=O)NCc1nnnn1-c1ccc(F)c(F)c1. The van der Waals surface area contributed by atoms with Crippen LogP contribution in [-0.4, -0.2) is 36.9 Å². The first-order valence-electron chi connectivity index (χ1n) is 8.58. The first-order chi connectivity index (χ1) is 14.0. The molecule has 0 radical (unpaired) electrons. The van der Waals surface area contributed by atoms with Crippen LogP contribution in [0.1, 0.15) is 21.9 Å². The van der Waals surface area contributed by atoms with E-state index in [4.69, 9.17) is 0 Å². The number of carbonyl (C=O) groups is 2. The van der Waals surface area contributed by atoms with Gasteiger partial charge < -0.3 is 10.3 Å². The van der Waals surface area contributed by atoms with Gasteiger partial charge in [-0.25, -0.2) is 8.78 Å². The van der Waals surface area contributed by atoms with Gasteiger partial charge in [0.05, 0.1) is 17.8 Å². The van der Waals surface area contributed by atoms with Crippen LogP contribution in [0.2, 0.25) is 0 Å². The van der Waals surface area contributed by atoms with Gasteiger partial charge in [-0.05, 0) is 35.5 Å². The van der Waals surface area contributed by atoms with Crippen LogP contribution in [0.3, 0.4) is 0 Å². The van der Waals surface area contributed by atoms with Gasteiger partial charge in [0.1, 0.15) is 0 Å². The Bertz CT molecular complexity index is 1250. The van der Waals surface area contributed by atoms with Gasteiger partial charge in [0.25, 0.3) is 11.7 Å². The molecule has 4 rings (SSSR count). The van der Waals surface area contributed by atoms with Crippen molar-refractivity contribution >= 4 is 22.6 Å². The van der Waals surface area contributed by atoms with Crippen molar-refractivity contribution in [3.05, 3.63) is 71.2 Å². The highest BCUT2D eigenvalue weighted by atomic mass is 19.2. The number of hydrogen-bond acceptors (Lipinski definition) is 5. The number of aromatic amines is 1. The molecule has 2 aromatic heterocycles. The van der Waals surface area contributed by atoms with Crippen molar-refractivity contribution in [3.63, 3.8) is 0 Å². The van der Waals surface area contributed by atoms with Crippen molar-refractivity contribution in [2.45, 2.75) is 13.5 Å². The lowest BCUT2D eigenvalue weighted by molar-refractivity contribution is -0.117. The topological polar surface area (TPSA) is 106 Å². The van der Waals surface area contributed by atoms with E-state index in [1.165, 1.54) is 6.07 Å². The molecule has 0 aliphatic heterocycles. The maximum Gasteiger partial charge on any atom is 0.292 e. The van der Waals surface area contributed by atoms with Gasteiger partial charge in [-0.3, -0.25) is 9.59 Å². The molecule has 146 valence electrons. The third kappa shape index (κ3) is 3.35. The fourth-order valence-electron chi connectivity index (χ4n) is 3.06. The number of halogens is 2. The number of amides is 1. The normalized spacial score (nSPS) is 11.0. The zero-order valence-corrected chi connectivity index (χ0v) is 15.1. The van der Waals surface area contributed by atoms with E-state index in [9.17, 15) is 18.4 Å². The van der Waals surface area contributed by atoms with Crippen LogP contribution >= 0.6 is 0 Å². The molecule has 29 heavy (non-hydrogen) atoms. The summed E-state index contributed by atoms with van der Waals surface area (Å²) in [5.41, 5.74) is 1.80. The molecule has 0 unspecified atom stereocenters. The standard InChI is InChI=1S/C19H14F2N6O2/c1-10-17(12-4-2-3-5-15(12)23-10)18(28)19(29)22-9-16-24-25-26-27(16)11-6-7-13(20)14(21)8-11/h2-8,23H,9H2,1H3,(H,22,29). The first kappa shape index (κ1) is 18.4. The summed E-state index contributed by atoms with van der Waals surface area (Å²) < 4.78 is 27.7. The fourth-order valence-corrected chi connectivity index (χ4v) is 3.06. The zero-order valence-electron chi connectivity index (χ0n) is 15.1. The number of para-hydroxylation sites is 1. The van der Waals surface area contributed by atoms with E-state index >= 15 is 0 Å². The molecular weight excluding hydrogens is 382 g/mol. The summed E-state index contributed by atoms with van der Waals surface area (Å²) in [5, 5.41) is 14.1. The van der Waals surface area contributed by atoms with Crippen LogP contribution < -0.4 is 5.32 Å². The van der Waals surface area contributed by atoms with Crippen LogP contribution in [0.25, 0.3) is 16.6 Å². The number of nitrogens with zero attached hydrogens (tertiary/aromatic N) is 4. The maximum absolute atomic E-state index is 13.5. The number of hydrogen-bond donors (Lipinski definition) is 2. The molecule has 0 bridgehead atoms. The Morgan fingerprint density at radius 3 is 2.72 bits per heavy atom. The van der Waals surface area contributed by atoms with Gasteiger partial charge in [-0.15, -0.1) is 5.10 Å². The molecular formula is C19H14F2N6O2. The number of fused-ring (bicyclic) bond motifs is 1. The number of tetrazole rings is 1. The number of nitrogens with one attached hydrogen (secondary N) is 2. The van der Waals surface area contributed by atoms with Crippen LogP contribution in [0.4, 0.5) is 8.78 Å². The summed E-state index contributed by atoms with van der Waals surface area (Å²) in [5.74, 6) is -3.45. The minimum Gasteiger partial charge on any atom is -0.358 e. The molecule has 8 nitrogen and oxygen atoms in total. The average Bonchev–Trinajstić information content (AvgIpc) is 3.31. The number of Topliss-reactive ketones (excluding diaryl/α,β-unsaturated/α-hetero) is 1. The molecule has 0 aliphatic rings. The second-order valence-corrected chi connectivity index (χ2v) is 6.29. The van der Waals surface area contributed by atoms with Crippen molar-refractivity contribution in [2.24, 2.45) is 0 Å². The Morgan fingerprint density at radius 1 is 1.14 bits per heavy atom. The van der Waals surface area contributed by atoms with Crippen LogP contribution in [0.15, 0.2) is 42.5 Å². The summed E-state index contributed by atoms with van der Waals surface area (Å²) >= 11 is 0. The van der Waals surface area contributed by atoms with E-state index in [1.807, 2.05) is 12.1 Å². The smallest absolute Gasteiger partial charge is 0.292 e. The fraction of sp³-hybridized carbons (Fsp3) is 0.105. The number of aromatic nitrogens is 5. The Labute approximate surface area is 162 Å². The molecule has 0 saturated heterocycles. The molecule has 2 N–H and O–H groups in total. The summed E-state index contributed by atoms with van der Waals surface area (Å²) in [6.07, 6.45) is 0. The van der Waals surface area contributed by atoms with Gasteiger partial charge in [-0.2, -0.15) is 4.68 Å². The average molecular weight is 396 g/mol. The van der Waals surface area contributed by atoms with Crippen LogP contribution in [-0.2, 0) is 11.3 Å². The second kappa shape index (κ2) is 7.23. The van der Waals surface area contributed by atoms with Gasteiger partial charge >= 0.3 is 0 Å². The summed E-state index contributed by atoms with van der Waals surface area (Å²) in [6, 6.07) is 10.3. The minimum atomic E-state index is -1.06. The Kier molecular flexibility index (Phi) is 4.59. The Hall–Kier alpha value is -3.95.